The van der Waals surface area contributed by atoms with Gasteiger partial charge in [0.15, 0.2) is 28.2 Å². The van der Waals surface area contributed by atoms with Crippen LogP contribution < -0.4 is 0 Å². The third-order valence-electron chi connectivity index (χ3n) is 10.2. The molecule has 0 N–H and O–H groups in total. The molecule has 0 unspecified atom stereocenters. The van der Waals surface area contributed by atoms with Crippen molar-refractivity contribution in [2.24, 2.45) is 11.8 Å². The maximum atomic E-state index is 13.8. The van der Waals surface area contributed by atoms with Crippen LogP contribution in [0.2, 0.25) is 36.3 Å². The number of hydrogen-bond donors (Lipinski definition) is 0. The van der Waals surface area contributed by atoms with Gasteiger partial charge in [-0.05, 0) is 68.7 Å². The molecule has 206 valence electrons. The van der Waals surface area contributed by atoms with E-state index in [1.54, 1.807) is 6.08 Å². The van der Waals surface area contributed by atoms with E-state index >= 15 is 0 Å². The smallest absolute Gasteiger partial charge is 0.192 e. The first-order chi connectivity index (χ1) is 16.1. The second-order valence-corrected chi connectivity index (χ2v) is 24.8. The van der Waals surface area contributed by atoms with Crippen LogP contribution in [0.3, 0.4) is 0 Å². The Bertz CT molecular complexity index is 929. The first-order valence-corrected chi connectivity index (χ1v) is 19.5. The van der Waals surface area contributed by atoms with E-state index in [0.29, 0.717) is 13.0 Å². The minimum Gasteiger partial charge on any atom is -0.414 e. The monoisotopic (exact) mass is 538 g/mol. The van der Waals surface area contributed by atoms with E-state index in [0.717, 1.165) is 0 Å². The molecule has 0 aromatic carbocycles. The minimum absolute atomic E-state index is 0.0241. The lowest BCUT2D eigenvalue weighted by molar-refractivity contribution is -0.201. The average molecular weight is 539 g/mol. The van der Waals surface area contributed by atoms with Gasteiger partial charge in [-0.1, -0.05) is 48.5 Å². The molecule has 4 aliphatic rings. The van der Waals surface area contributed by atoms with Crippen molar-refractivity contribution in [3.05, 3.63) is 12.2 Å². The van der Waals surface area contributed by atoms with Gasteiger partial charge in [0.1, 0.15) is 17.3 Å². The van der Waals surface area contributed by atoms with Crippen molar-refractivity contribution in [1.82, 2.24) is 0 Å². The summed E-state index contributed by atoms with van der Waals surface area (Å²) >= 11 is 0. The summed E-state index contributed by atoms with van der Waals surface area (Å²) in [6.07, 6.45) is 3.58. The number of carbonyl (C=O) groups excluding carboxylic acids is 1. The van der Waals surface area contributed by atoms with Crippen LogP contribution in [-0.2, 0) is 27.9 Å². The molecule has 0 aromatic heterocycles. The highest BCUT2D eigenvalue weighted by Gasteiger charge is 2.73. The summed E-state index contributed by atoms with van der Waals surface area (Å²) in [5, 5.41) is 0.118. The minimum atomic E-state index is -2.17. The van der Waals surface area contributed by atoms with Gasteiger partial charge >= 0.3 is 0 Å². The third-order valence-corrected chi connectivity index (χ3v) is 19.1. The van der Waals surface area contributed by atoms with E-state index in [2.05, 4.69) is 74.7 Å². The molecule has 2 bridgehead atoms. The fourth-order valence-corrected chi connectivity index (χ4v) is 8.35. The van der Waals surface area contributed by atoms with Gasteiger partial charge < -0.3 is 23.1 Å². The van der Waals surface area contributed by atoms with Crippen LogP contribution in [0.4, 0.5) is 0 Å². The fourth-order valence-electron chi connectivity index (χ4n) is 5.94. The van der Waals surface area contributed by atoms with Gasteiger partial charge in [-0.3, -0.25) is 4.79 Å². The van der Waals surface area contributed by atoms with Crippen LogP contribution in [0.25, 0.3) is 0 Å². The highest BCUT2D eigenvalue weighted by molar-refractivity contribution is 6.74. The largest absolute Gasteiger partial charge is 0.414 e. The molecule has 3 heterocycles. The van der Waals surface area contributed by atoms with Gasteiger partial charge in [-0.15, -0.1) is 0 Å². The van der Waals surface area contributed by atoms with Gasteiger partial charge in [-0.25, -0.2) is 0 Å². The Morgan fingerprint density at radius 1 is 0.972 bits per heavy atom. The number of carbonyl (C=O) groups is 1. The van der Waals surface area contributed by atoms with Crippen LogP contribution in [0, 0.1) is 11.8 Å². The maximum absolute atomic E-state index is 13.8. The maximum Gasteiger partial charge on any atom is 0.192 e. The van der Waals surface area contributed by atoms with Crippen molar-refractivity contribution in [2.75, 3.05) is 6.61 Å². The van der Waals surface area contributed by atoms with Crippen LogP contribution in [-0.4, -0.2) is 64.3 Å². The zero-order valence-electron chi connectivity index (χ0n) is 24.9. The predicted molar refractivity (Wildman–Crippen MR) is 147 cm³/mol. The van der Waals surface area contributed by atoms with E-state index in [1.165, 1.54) is 0 Å². The average Bonchev–Trinajstić information content (AvgIpc) is 3.18. The summed E-state index contributed by atoms with van der Waals surface area (Å²) in [6.45, 7) is 29.0. The lowest BCUT2D eigenvalue weighted by Crippen LogP contribution is -2.68. The van der Waals surface area contributed by atoms with Crippen LogP contribution in [0.15, 0.2) is 12.2 Å². The van der Waals surface area contributed by atoms with E-state index in [1.807, 2.05) is 19.9 Å². The molecule has 4 rings (SSSR count). The quantitative estimate of drug-likeness (QED) is 0.387. The molecule has 1 spiro atoms. The number of ketones is 1. The molecule has 1 aliphatic carbocycles. The van der Waals surface area contributed by atoms with Crippen LogP contribution >= 0.6 is 0 Å². The van der Waals surface area contributed by atoms with E-state index in [9.17, 15) is 4.79 Å². The normalized spacial score (nSPS) is 40.4. The number of hydrogen-bond acceptors (Lipinski definition) is 6. The van der Waals surface area contributed by atoms with Crippen molar-refractivity contribution in [3.63, 3.8) is 0 Å². The number of rotatable bonds is 5. The van der Waals surface area contributed by atoms with Crippen LogP contribution in [0.5, 0.6) is 0 Å². The van der Waals surface area contributed by atoms with Crippen molar-refractivity contribution in [3.8, 4) is 0 Å². The molecule has 7 atom stereocenters. The number of fused-ring (bicyclic) bond motifs is 3. The lowest BCUT2D eigenvalue weighted by atomic mass is 9.63. The standard InChI is InChI=1S/C28H50O6Si2/c1-18-21(33-36(12,13)25(5,6)7)23-22(31-26(8,9)32-23)19-16-27(15-14-20(29)28(18,19)34-27)17-30-35(10,11)24(2,3)4/h14-15,18-19,21-23H,16-17H2,1-13H3/t18-,19-,21-,22-,23+,27+,28+/m1/s1. The Balaban J connectivity index is 1.73. The summed E-state index contributed by atoms with van der Waals surface area (Å²) in [7, 11) is -4.18. The van der Waals surface area contributed by atoms with E-state index in [4.69, 9.17) is 23.1 Å². The molecule has 3 fully saturated rings. The Kier molecular flexibility index (Phi) is 6.62. The Labute approximate surface area is 221 Å². The molecule has 2 saturated heterocycles. The van der Waals surface area contributed by atoms with Gasteiger partial charge in [-0.2, -0.15) is 0 Å². The third kappa shape index (κ3) is 4.36. The molecule has 0 aromatic rings. The predicted octanol–water partition coefficient (Wildman–Crippen LogP) is 6.22. The zero-order chi connectivity index (χ0) is 27.3. The molecule has 6 nitrogen and oxygen atoms in total. The van der Waals surface area contributed by atoms with Crippen molar-refractivity contribution in [1.29, 1.82) is 0 Å². The highest BCUT2D eigenvalue weighted by atomic mass is 28.4. The second kappa shape index (κ2) is 8.32. The summed E-state index contributed by atoms with van der Waals surface area (Å²) in [6, 6.07) is 0. The summed E-state index contributed by atoms with van der Waals surface area (Å²) in [4.78, 5) is 13.8. The highest BCUT2D eigenvalue weighted by Crippen LogP contribution is 2.60. The summed E-state index contributed by atoms with van der Waals surface area (Å²) in [5.41, 5.74) is -1.64. The molecule has 36 heavy (non-hydrogen) atoms. The van der Waals surface area contributed by atoms with Gasteiger partial charge in [0.25, 0.3) is 0 Å². The molecular weight excluding hydrogens is 488 g/mol. The van der Waals surface area contributed by atoms with Crippen molar-refractivity contribution >= 4 is 22.4 Å². The summed E-state index contributed by atoms with van der Waals surface area (Å²) < 4.78 is 33.8. The van der Waals surface area contributed by atoms with E-state index in [-0.39, 0.29) is 46.0 Å². The summed E-state index contributed by atoms with van der Waals surface area (Å²) in [5.74, 6) is -1.02. The zero-order valence-corrected chi connectivity index (χ0v) is 26.9. The topological polar surface area (TPSA) is 63.2 Å². The van der Waals surface area contributed by atoms with Crippen LogP contribution in [0.1, 0.15) is 68.7 Å². The number of ether oxygens (including phenoxy) is 3. The lowest BCUT2D eigenvalue weighted by Gasteiger charge is -2.53. The molecule has 8 heteroatoms. The Hall–Kier alpha value is -0.356. The van der Waals surface area contributed by atoms with Crippen molar-refractivity contribution in [2.45, 2.75) is 140 Å². The second-order valence-electron chi connectivity index (χ2n) is 15.2. The first kappa shape index (κ1) is 28.6. The van der Waals surface area contributed by atoms with Gasteiger partial charge in [0, 0.05) is 11.8 Å². The van der Waals surface area contributed by atoms with Gasteiger partial charge in [0.05, 0.1) is 18.8 Å². The SMILES string of the molecule is C[C@@H]1[C@@H](O[Si](C)(C)C(C)(C)C)[C@@H]2OC(C)(C)O[C@@H]2[C@H]2C[C@]3(CO[Si](C)(C)C(C)(C)C)C=CC(=O)[C@]12O3. The fraction of sp³-hybridized carbons (Fsp3) is 0.893. The van der Waals surface area contributed by atoms with Crippen molar-refractivity contribution < 1.29 is 27.9 Å². The molecule has 3 aliphatic heterocycles. The van der Waals surface area contributed by atoms with Gasteiger partial charge in [0.2, 0.25) is 0 Å². The molecule has 0 radical (unpaired) electrons. The Morgan fingerprint density at radius 3 is 2.08 bits per heavy atom. The molecule has 1 saturated carbocycles. The Morgan fingerprint density at radius 2 is 1.53 bits per heavy atom. The first-order valence-electron chi connectivity index (χ1n) is 13.7. The molecule has 0 amide bonds. The van der Waals surface area contributed by atoms with E-state index < -0.39 is 33.6 Å². The molecular formula is C28H50O6Si2.